The van der Waals surface area contributed by atoms with Crippen molar-refractivity contribution in [2.75, 3.05) is 20.1 Å². The molecule has 0 radical (unpaired) electrons. The van der Waals surface area contributed by atoms with Gasteiger partial charge in [0.25, 0.3) is 5.69 Å². The normalized spacial score (nSPS) is 16.4. The van der Waals surface area contributed by atoms with Crippen molar-refractivity contribution < 1.29 is 13.8 Å². The van der Waals surface area contributed by atoms with Crippen molar-refractivity contribution in [1.82, 2.24) is 0 Å². The molecule has 0 bridgehead atoms. The Labute approximate surface area is 146 Å². The molecule has 0 N–H and O–H groups in total. The second kappa shape index (κ2) is 6.01. The molecule has 128 valence electrons. The van der Waals surface area contributed by atoms with Gasteiger partial charge in [-0.1, -0.05) is 30.3 Å². The lowest BCUT2D eigenvalue weighted by Gasteiger charge is -2.29. The van der Waals surface area contributed by atoms with Crippen LogP contribution in [0, 0.1) is 10.1 Å². The Hall–Kier alpha value is -2.66. The van der Waals surface area contributed by atoms with E-state index < -0.39 is 0 Å². The van der Waals surface area contributed by atoms with Gasteiger partial charge in [0.2, 0.25) is 0 Å². The van der Waals surface area contributed by atoms with Crippen LogP contribution in [0.5, 0.6) is 0 Å². The Kier molecular flexibility index (Phi) is 3.81. The molecule has 1 saturated heterocycles. The smallest absolute Gasteiger partial charge is 0.287 e. The second-order valence-corrected chi connectivity index (χ2v) is 7.14. The molecule has 0 unspecified atom stereocenters. The number of hydrogen-bond donors (Lipinski definition) is 0. The Balaban J connectivity index is 1.96. The molecule has 25 heavy (non-hydrogen) atoms. The van der Waals surface area contributed by atoms with Gasteiger partial charge in [0.15, 0.2) is 0 Å². The molecule has 2 heterocycles. The molecule has 0 saturated carbocycles. The van der Waals surface area contributed by atoms with Crippen molar-refractivity contribution in [3.8, 4) is 22.3 Å². The van der Waals surface area contributed by atoms with Crippen LogP contribution in [0.4, 0.5) is 5.69 Å². The molecule has 0 amide bonds. The first kappa shape index (κ1) is 15.8. The number of rotatable bonds is 4. The molecular weight excluding hydrogens is 316 g/mol. The third-order valence-corrected chi connectivity index (χ3v) is 5.34. The maximum Gasteiger partial charge on any atom is 0.287 e. The highest BCUT2D eigenvalue weighted by Crippen LogP contribution is 2.48. The van der Waals surface area contributed by atoms with Gasteiger partial charge in [0, 0.05) is 24.0 Å². The zero-order valence-corrected chi connectivity index (χ0v) is 14.3. The summed E-state index contributed by atoms with van der Waals surface area (Å²) in [6.07, 6.45) is 5.61. The summed E-state index contributed by atoms with van der Waals surface area (Å²) in [5.41, 5.74) is 4.35. The summed E-state index contributed by atoms with van der Waals surface area (Å²) in [5.74, 6) is 0. The van der Waals surface area contributed by atoms with E-state index in [1.54, 1.807) is 12.5 Å². The summed E-state index contributed by atoms with van der Waals surface area (Å²) in [7, 11) is 2.20. The zero-order valence-electron chi connectivity index (χ0n) is 14.3. The van der Waals surface area contributed by atoms with E-state index in [1.165, 1.54) is 12.8 Å². The fourth-order valence-electron chi connectivity index (χ4n) is 4.13. The summed E-state index contributed by atoms with van der Waals surface area (Å²) in [6.45, 7) is 2.83. The third-order valence-electron chi connectivity index (χ3n) is 5.34. The Morgan fingerprint density at radius 1 is 1.12 bits per heavy atom. The minimum atomic E-state index is -0.222. The maximum absolute atomic E-state index is 12.0. The van der Waals surface area contributed by atoms with Gasteiger partial charge in [-0.05, 0) is 11.6 Å². The van der Waals surface area contributed by atoms with E-state index in [4.69, 9.17) is 4.42 Å². The summed E-state index contributed by atoms with van der Waals surface area (Å²) < 4.78 is 6.23. The molecule has 5 nitrogen and oxygen atoms in total. The minimum absolute atomic E-state index is 0.222. The summed E-state index contributed by atoms with van der Waals surface area (Å²) >= 11 is 0. The molecule has 1 fully saturated rings. The van der Waals surface area contributed by atoms with Crippen LogP contribution in [0.1, 0.15) is 18.4 Å². The predicted molar refractivity (Wildman–Crippen MR) is 96.3 cm³/mol. The quantitative estimate of drug-likeness (QED) is 0.394. The monoisotopic (exact) mass is 337 g/mol. The SMILES string of the molecule is C[N+]1(Cc2c3ccocc-3c(-c3ccccc3)c2[N+](=O)[O-])CCCC1. The van der Waals surface area contributed by atoms with Gasteiger partial charge in [-0.3, -0.25) is 10.1 Å². The first-order valence-corrected chi connectivity index (χ1v) is 8.63. The molecule has 2 aliphatic heterocycles. The molecule has 1 aromatic carbocycles. The largest absolute Gasteiger partial charge is 0.472 e. The van der Waals surface area contributed by atoms with Crippen LogP contribution in [-0.4, -0.2) is 29.5 Å². The molecule has 0 aromatic heterocycles. The highest BCUT2D eigenvalue weighted by molar-refractivity contribution is 5.96. The van der Waals surface area contributed by atoms with E-state index in [0.717, 1.165) is 39.8 Å². The predicted octanol–water partition coefficient (Wildman–Crippen LogP) is 4.70. The van der Waals surface area contributed by atoms with Gasteiger partial charge in [-0.2, -0.15) is 0 Å². The van der Waals surface area contributed by atoms with Gasteiger partial charge in [-0.15, -0.1) is 0 Å². The highest BCUT2D eigenvalue weighted by Gasteiger charge is 2.38. The first-order chi connectivity index (χ1) is 12.1. The van der Waals surface area contributed by atoms with Crippen LogP contribution in [0.25, 0.3) is 22.3 Å². The van der Waals surface area contributed by atoms with Crippen molar-refractivity contribution in [1.29, 1.82) is 0 Å². The molecule has 1 aromatic rings. The van der Waals surface area contributed by atoms with E-state index in [1.807, 2.05) is 36.4 Å². The number of benzene rings is 1. The van der Waals surface area contributed by atoms with Crippen LogP contribution in [0.2, 0.25) is 0 Å². The number of quaternary nitrogens is 1. The van der Waals surface area contributed by atoms with Crippen molar-refractivity contribution in [2.24, 2.45) is 0 Å². The fourth-order valence-corrected chi connectivity index (χ4v) is 4.13. The maximum atomic E-state index is 12.0. The van der Waals surface area contributed by atoms with Crippen molar-refractivity contribution in [3.05, 3.63) is 64.6 Å². The first-order valence-electron chi connectivity index (χ1n) is 8.63. The molecule has 0 spiro atoms. The van der Waals surface area contributed by atoms with Gasteiger partial charge < -0.3 is 8.90 Å². The fraction of sp³-hybridized carbons (Fsp3) is 0.300. The molecule has 3 aliphatic rings. The van der Waals surface area contributed by atoms with E-state index in [0.29, 0.717) is 12.1 Å². The van der Waals surface area contributed by atoms with Crippen molar-refractivity contribution in [2.45, 2.75) is 19.4 Å². The Morgan fingerprint density at radius 3 is 2.52 bits per heavy atom. The number of likely N-dealkylation sites (tertiary alicyclic amines) is 1. The van der Waals surface area contributed by atoms with Crippen LogP contribution < -0.4 is 0 Å². The Bertz CT molecular complexity index is 879. The lowest BCUT2D eigenvalue weighted by molar-refractivity contribution is -0.910. The molecule has 4 rings (SSSR count). The van der Waals surface area contributed by atoms with E-state index in [2.05, 4.69) is 7.05 Å². The highest BCUT2D eigenvalue weighted by atomic mass is 16.6. The zero-order chi connectivity index (χ0) is 17.4. The van der Waals surface area contributed by atoms with Crippen molar-refractivity contribution in [3.63, 3.8) is 0 Å². The Morgan fingerprint density at radius 2 is 1.84 bits per heavy atom. The van der Waals surface area contributed by atoms with Gasteiger partial charge >= 0.3 is 0 Å². The van der Waals surface area contributed by atoms with E-state index in [-0.39, 0.29) is 10.6 Å². The van der Waals surface area contributed by atoms with Crippen LogP contribution in [0.15, 0.2) is 53.3 Å². The summed E-state index contributed by atoms with van der Waals surface area (Å²) in [4.78, 5) is 11.8. The molecule has 5 heteroatoms. The van der Waals surface area contributed by atoms with Crippen LogP contribution in [-0.2, 0) is 6.54 Å². The molecule has 0 atom stereocenters. The lowest BCUT2D eigenvalue weighted by Crippen LogP contribution is -2.39. The van der Waals surface area contributed by atoms with Gasteiger partial charge in [0.1, 0.15) is 6.54 Å². The standard InChI is InChI=1S/C20H21N2O3/c1-22(10-5-6-11-22)13-17-16-9-12-25-14-18(16)19(20(17)21(23)24)15-7-3-2-4-8-15/h2-4,7-9,12,14H,5-6,10-11,13H2,1H3/q+1. The summed E-state index contributed by atoms with van der Waals surface area (Å²) in [5, 5.41) is 12.0. The van der Waals surface area contributed by atoms with Crippen LogP contribution >= 0.6 is 0 Å². The molecule has 1 aliphatic carbocycles. The number of nitrogens with zero attached hydrogens (tertiary/aromatic N) is 2. The van der Waals surface area contributed by atoms with E-state index in [9.17, 15) is 10.1 Å². The number of hydrogen-bond acceptors (Lipinski definition) is 3. The third kappa shape index (κ3) is 2.70. The molecular formula is C20H21N2O3+. The van der Waals surface area contributed by atoms with Gasteiger partial charge in [0.05, 0.1) is 48.7 Å². The number of nitro groups is 1. The van der Waals surface area contributed by atoms with Crippen molar-refractivity contribution >= 4 is 5.69 Å². The second-order valence-electron chi connectivity index (χ2n) is 7.14. The average Bonchev–Trinajstić information content (AvgIpc) is 3.18. The minimum Gasteiger partial charge on any atom is -0.472 e. The van der Waals surface area contributed by atoms with Gasteiger partial charge in [-0.25, -0.2) is 0 Å². The van der Waals surface area contributed by atoms with Crippen LogP contribution in [0.3, 0.4) is 0 Å². The number of fused-ring (bicyclic) bond motifs is 1. The topological polar surface area (TPSA) is 56.3 Å². The summed E-state index contributed by atoms with van der Waals surface area (Å²) in [6, 6.07) is 11.4. The van der Waals surface area contributed by atoms with E-state index >= 15 is 0 Å². The lowest BCUT2D eigenvalue weighted by atomic mass is 10.0. The average molecular weight is 337 g/mol.